The molecule has 0 saturated heterocycles. The quantitative estimate of drug-likeness (QED) is 0.278. The normalized spacial score (nSPS) is 11.1. The first-order valence-corrected chi connectivity index (χ1v) is 12.1. The van der Waals surface area contributed by atoms with Crippen molar-refractivity contribution in [3.8, 4) is 0 Å². The standard InChI is InChI=1S/C22H19BrClF2N5O2S/c1-2-31-18(11-27-19(32)8-7-13-5-3-4-6-16(13)24)29-30-22(31)34-12-20(33)28-21-15(23)9-14(25)10-17(21)26/h3-10H,2,11-12H2,1H3,(H,27,32)(H,28,33)/b8-7+. The van der Waals surface area contributed by atoms with Crippen molar-refractivity contribution >= 4 is 62.9 Å². The lowest BCUT2D eigenvalue weighted by atomic mass is 10.2. The van der Waals surface area contributed by atoms with Gasteiger partial charge in [-0.05, 0) is 46.6 Å². The van der Waals surface area contributed by atoms with E-state index in [1.165, 1.54) is 6.08 Å². The lowest BCUT2D eigenvalue weighted by molar-refractivity contribution is -0.116. The summed E-state index contributed by atoms with van der Waals surface area (Å²) in [6.07, 6.45) is 2.99. The highest BCUT2D eigenvalue weighted by Gasteiger charge is 2.16. The van der Waals surface area contributed by atoms with E-state index in [-0.39, 0.29) is 28.4 Å². The molecule has 0 atom stereocenters. The van der Waals surface area contributed by atoms with E-state index in [1.807, 2.05) is 13.0 Å². The lowest BCUT2D eigenvalue weighted by Gasteiger charge is -2.10. The van der Waals surface area contributed by atoms with Gasteiger partial charge in [-0.2, -0.15) is 0 Å². The van der Waals surface area contributed by atoms with Crippen molar-refractivity contribution in [1.29, 1.82) is 0 Å². The Morgan fingerprint density at radius 2 is 2.00 bits per heavy atom. The molecule has 0 aliphatic heterocycles. The zero-order chi connectivity index (χ0) is 24.7. The summed E-state index contributed by atoms with van der Waals surface area (Å²) in [7, 11) is 0. The molecule has 2 amide bonds. The van der Waals surface area contributed by atoms with E-state index in [0.29, 0.717) is 28.6 Å². The number of carbonyl (C=O) groups is 2. The SMILES string of the molecule is CCn1c(CNC(=O)/C=C/c2ccccc2Cl)nnc1SCC(=O)Nc1c(F)cc(F)cc1Br. The van der Waals surface area contributed by atoms with E-state index in [2.05, 4.69) is 36.8 Å². The maximum atomic E-state index is 13.9. The first kappa shape index (κ1) is 25.9. The van der Waals surface area contributed by atoms with Gasteiger partial charge in [-0.3, -0.25) is 9.59 Å². The number of nitrogens with zero attached hydrogens (tertiary/aromatic N) is 3. The number of thioether (sulfide) groups is 1. The van der Waals surface area contributed by atoms with Crippen molar-refractivity contribution in [3.63, 3.8) is 0 Å². The van der Waals surface area contributed by atoms with Crippen molar-refractivity contribution in [3.05, 3.63) is 75.0 Å². The van der Waals surface area contributed by atoms with Crippen LogP contribution in [0.4, 0.5) is 14.5 Å². The van der Waals surface area contributed by atoms with E-state index < -0.39 is 17.5 Å². The highest BCUT2D eigenvalue weighted by molar-refractivity contribution is 9.10. The average Bonchev–Trinajstić information content (AvgIpc) is 3.20. The van der Waals surface area contributed by atoms with Gasteiger partial charge < -0.3 is 15.2 Å². The predicted molar refractivity (Wildman–Crippen MR) is 131 cm³/mol. The van der Waals surface area contributed by atoms with Crippen molar-refractivity contribution in [2.24, 2.45) is 0 Å². The highest BCUT2D eigenvalue weighted by atomic mass is 79.9. The summed E-state index contributed by atoms with van der Waals surface area (Å²) >= 11 is 10.2. The molecule has 3 rings (SSSR count). The number of anilines is 1. The molecule has 2 aromatic carbocycles. The Hall–Kier alpha value is -2.76. The molecule has 1 heterocycles. The van der Waals surface area contributed by atoms with Crippen LogP contribution in [0.25, 0.3) is 6.08 Å². The predicted octanol–water partition coefficient (Wildman–Crippen LogP) is 5.05. The Balaban J connectivity index is 1.56. The Labute approximate surface area is 212 Å². The third-order valence-electron chi connectivity index (χ3n) is 4.45. The zero-order valence-corrected chi connectivity index (χ0v) is 21.0. The molecule has 0 bridgehead atoms. The van der Waals surface area contributed by atoms with Gasteiger partial charge in [0.1, 0.15) is 5.82 Å². The molecule has 12 heteroatoms. The Morgan fingerprint density at radius 3 is 2.71 bits per heavy atom. The maximum absolute atomic E-state index is 13.9. The fraction of sp³-hybridized carbons (Fsp3) is 0.182. The third-order valence-corrected chi connectivity index (χ3v) is 6.39. The Kier molecular flexibility index (Phi) is 9.20. The van der Waals surface area contributed by atoms with Crippen molar-refractivity contribution in [2.75, 3.05) is 11.1 Å². The fourth-order valence-corrected chi connectivity index (χ4v) is 4.37. The largest absolute Gasteiger partial charge is 0.345 e. The van der Waals surface area contributed by atoms with Crippen LogP contribution in [0.3, 0.4) is 0 Å². The molecule has 0 radical (unpaired) electrons. The van der Waals surface area contributed by atoms with Crippen LogP contribution in [0.2, 0.25) is 5.02 Å². The number of hydrogen-bond donors (Lipinski definition) is 2. The molecule has 0 aliphatic carbocycles. The summed E-state index contributed by atoms with van der Waals surface area (Å²) in [4.78, 5) is 24.4. The first-order valence-electron chi connectivity index (χ1n) is 9.98. The van der Waals surface area contributed by atoms with Gasteiger partial charge >= 0.3 is 0 Å². The summed E-state index contributed by atoms with van der Waals surface area (Å²) in [5.74, 6) is -2.03. The van der Waals surface area contributed by atoms with Crippen molar-refractivity contribution in [2.45, 2.75) is 25.2 Å². The van der Waals surface area contributed by atoms with Gasteiger partial charge in [-0.15, -0.1) is 10.2 Å². The van der Waals surface area contributed by atoms with E-state index in [1.54, 1.807) is 28.8 Å². The van der Waals surface area contributed by atoms with Crippen LogP contribution in [0.1, 0.15) is 18.3 Å². The topological polar surface area (TPSA) is 88.9 Å². The Bertz CT molecular complexity index is 1210. The second kappa shape index (κ2) is 12.1. The average molecular weight is 571 g/mol. The smallest absolute Gasteiger partial charge is 0.244 e. The fourth-order valence-electron chi connectivity index (χ4n) is 2.84. The molecule has 7 nitrogen and oxygen atoms in total. The number of halogens is 4. The molecule has 2 N–H and O–H groups in total. The molecule has 0 saturated carbocycles. The van der Waals surface area contributed by atoms with Crippen LogP contribution in [0.15, 0.2) is 52.1 Å². The van der Waals surface area contributed by atoms with Gasteiger partial charge in [0.05, 0.1) is 18.0 Å². The van der Waals surface area contributed by atoms with E-state index in [0.717, 1.165) is 23.4 Å². The van der Waals surface area contributed by atoms with E-state index in [9.17, 15) is 18.4 Å². The summed E-state index contributed by atoms with van der Waals surface area (Å²) in [6, 6.07) is 8.90. The molecule has 34 heavy (non-hydrogen) atoms. The molecule has 1 aromatic heterocycles. The van der Waals surface area contributed by atoms with Gasteiger partial charge in [0.15, 0.2) is 16.8 Å². The second-order valence-electron chi connectivity index (χ2n) is 6.80. The molecule has 0 spiro atoms. The summed E-state index contributed by atoms with van der Waals surface area (Å²) in [5.41, 5.74) is 0.581. The number of carbonyl (C=O) groups excluding carboxylic acids is 2. The minimum absolute atomic E-state index is 0.0751. The van der Waals surface area contributed by atoms with Crippen LogP contribution in [0, 0.1) is 11.6 Å². The van der Waals surface area contributed by atoms with Gasteiger partial charge in [-0.25, -0.2) is 8.78 Å². The number of benzene rings is 2. The van der Waals surface area contributed by atoms with Crippen LogP contribution in [-0.2, 0) is 22.7 Å². The first-order chi connectivity index (χ1) is 16.3. The van der Waals surface area contributed by atoms with E-state index >= 15 is 0 Å². The maximum Gasteiger partial charge on any atom is 0.244 e. The third kappa shape index (κ3) is 6.87. The number of rotatable bonds is 9. The summed E-state index contributed by atoms with van der Waals surface area (Å²) < 4.78 is 29.0. The number of nitrogens with one attached hydrogen (secondary N) is 2. The highest BCUT2D eigenvalue weighted by Crippen LogP contribution is 2.27. The minimum Gasteiger partial charge on any atom is -0.345 e. The molecular formula is C22H19BrClF2N5O2S. The minimum atomic E-state index is -0.886. The number of aromatic nitrogens is 3. The van der Waals surface area contributed by atoms with Gasteiger partial charge in [0.2, 0.25) is 11.8 Å². The van der Waals surface area contributed by atoms with Crippen LogP contribution < -0.4 is 10.6 Å². The van der Waals surface area contributed by atoms with Gasteiger partial charge in [-0.1, -0.05) is 41.6 Å². The second-order valence-corrected chi connectivity index (χ2v) is 9.00. The van der Waals surface area contributed by atoms with Crippen molar-refractivity contribution < 1.29 is 18.4 Å². The van der Waals surface area contributed by atoms with Crippen LogP contribution >= 0.6 is 39.3 Å². The monoisotopic (exact) mass is 569 g/mol. The zero-order valence-electron chi connectivity index (χ0n) is 17.8. The van der Waals surface area contributed by atoms with Crippen LogP contribution in [0.5, 0.6) is 0 Å². The molecule has 0 aliphatic rings. The molecule has 3 aromatic rings. The summed E-state index contributed by atoms with van der Waals surface area (Å²) in [6.45, 7) is 2.52. The van der Waals surface area contributed by atoms with Crippen LogP contribution in [-0.4, -0.2) is 32.3 Å². The molecule has 0 fully saturated rings. The molecular weight excluding hydrogens is 552 g/mol. The van der Waals surface area contributed by atoms with Gasteiger partial charge in [0, 0.05) is 28.2 Å². The number of amides is 2. The van der Waals surface area contributed by atoms with Gasteiger partial charge in [0.25, 0.3) is 0 Å². The Morgan fingerprint density at radius 1 is 1.24 bits per heavy atom. The lowest BCUT2D eigenvalue weighted by Crippen LogP contribution is -2.22. The van der Waals surface area contributed by atoms with Crippen molar-refractivity contribution in [1.82, 2.24) is 20.1 Å². The molecule has 0 unspecified atom stereocenters. The van der Waals surface area contributed by atoms with E-state index in [4.69, 9.17) is 11.6 Å². The molecule has 178 valence electrons. The number of hydrogen-bond acceptors (Lipinski definition) is 5. The summed E-state index contributed by atoms with van der Waals surface area (Å²) in [5, 5.41) is 14.3.